The molecule has 2 N–H and O–H groups in total. The molecule has 0 saturated heterocycles. The number of phenolic OH excluding ortho intramolecular Hbond substituents is 1. The van der Waals surface area contributed by atoms with E-state index in [9.17, 15) is 19.5 Å². The Labute approximate surface area is 221 Å². The lowest BCUT2D eigenvalue weighted by Crippen LogP contribution is -2.32. The maximum Gasteiger partial charge on any atom is 0.338 e. The van der Waals surface area contributed by atoms with Crippen LogP contribution in [0.2, 0.25) is 10.0 Å². The van der Waals surface area contributed by atoms with Gasteiger partial charge in [-0.2, -0.15) is 0 Å². The number of halogens is 2. The van der Waals surface area contributed by atoms with Crippen molar-refractivity contribution in [3.63, 3.8) is 0 Å². The zero-order chi connectivity index (χ0) is 26.0. The second-order valence-corrected chi connectivity index (χ2v) is 9.95. The largest absolute Gasteiger partial charge is 0.506 e. The summed E-state index contributed by atoms with van der Waals surface area (Å²) in [5.74, 6) is -1.85. The summed E-state index contributed by atoms with van der Waals surface area (Å²) in [5.41, 5.74) is 0.701. The summed E-state index contributed by atoms with van der Waals surface area (Å²) in [6, 6.07) is 17.1. The van der Waals surface area contributed by atoms with Crippen molar-refractivity contribution in [3.05, 3.63) is 92.9 Å². The number of phenols is 1. The normalized spacial score (nSPS) is 13.5. The first-order valence-corrected chi connectivity index (χ1v) is 12.3. The fraction of sp³-hybridized carbons (Fsp3) is 0.115. The number of carbonyl (C=O) groups excluding carboxylic acids is 3. The fourth-order valence-electron chi connectivity index (χ4n) is 3.34. The van der Waals surface area contributed by atoms with Crippen molar-refractivity contribution in [3.8, 4) is 5.75 Å². The molecule has 0 aliphatic carbocycles. The lowest BCUT2D eigenvalue weighted by molar-refractivity contribution is -0.120. The van der Waals surface area contributed by atoms with Crippen molar-refractivity contribution < 1.29 is 24.2 Å². The Balaban J connectivity index is 1.70. The Morgan fingerprint density at radius 3 is 2.22 bits per heavy atom. The van der Waals surface area contributed by atoms with E-state index in [-0.39, 0.29) is 39.4 Å². The SMILES string of the molecule is CC(C)OC(=O)c1ccc(N2C(=O)C(Nc3cc(Cl)ccc3O)=C(Sc3ccc(Cl)cc3)C2=O)cc1. The van der Waals surface area contributed by atoms with Gasteiger partial charge in [0.25, 0.3) is 11.8 Å². The zero-order valence-corrected chi connectivity index (χ0v) is 21.4. The highest BCUT2D eigenvalue weighted by atomic mass is 35.5. The van der Waals surface area contributed by atoms with Gasteiger partial charge in [-0.15, -0.1) is 0 Å². The van der Waals surface area contributed by atoms with Gasteiger partial charge in [-0.3, -0.25) is 9.59 Å². The number of benzene rings is 3. The summed E-state index contributed by atoms with van der Waals surface area (Å²) >= 11 is 13.1. The minimum absolute atomic E-state index is 0.0270. The molecule has 0 fully saturated rings. The highest BCUT2D eigenvalue weighted by Crippen LogP contribution is 2.39. The molecular formula is C26H20Cl2N2O5S. The molecule has 1 aliphatic rings. The van der Waals surface area contributed by atoms with Gasteiger partial charge < -0.3 is 15.2 Å². The van der Waals surface area contributed by atoms with Gasteiger partial charge in [-0.1, -0.05) is 35.0 Å². The molecule has 3 aromatic rings. The fourth-order valence-corrected chi connectivity index (χ4v) is 4.57. The number of anilines is 2. The molecule has 184 valence electrons. The van der Waals surface area contributed by atoms with Crippen molar-refractivity contribution in [2.45, 2.75) is 24.8 Å². The molecule has 10 heteroatoms. The minimum atomic E-state index is -0.631. The Kier molecular flexibility index (Phi) is 7.59. The predicted molar refractivity (Wildman–Crippen MR) is 141 cm³/mol. The van der Waals surface area contributed by atoms with E-state index >= 15 is 0 Å². The van der Waals surface area contributed by atoms with Crippen molar-refractivity contribution >= 4 is 64.1 Å². The van der Waals surface area contributed by atoms with Gasteiger partial charge in [-0.25, -0.2) is 9.69 Å². The minimum Gasteiger partial charge on any atom is -0.506 e. The van der Waals surface area contributed by atoms with Crippen molar-refractivity contribution in [1.29, 1.82) is 0 Å². The summed E-state index contributed by atoms with van der Waals surface area (Å²) in [7, 11) is 0. The lowest BCUT2D eigenvalue weighted by Gasteiger charge is -2.16. The first-order valence-electron chi connectivity index (χ1n) is 10.8. The van der Waals surface area contributed by atoms with Crippen LogP contribution >= 0.6 is 35.0 Å². The Hall–Kier alpha value is -3.46. The Morgan fingerprint density at radius 1 is 0.944 bits per heavy atom. The third kappa shape index (κ3) is 5.51. The summed E-state index contributed by atoms with van der Waals surface area (Å²) in [5, 5.41) is 14.0. The van der Waals surface area contributed by atoms with Crippen LogP contribution in [0.5, 0.6) is 5.75 Å². The molecule has 0 bridgehead atoms. The van der Waals surface area contributed by atoms with Gasteiger partial charge in [0, 0.05) is 14.9 Å². The number of amides is 2. The van der Waals surface area contributed by atoms with E-state index < -0.39 is 17.8 Å². The van der Waals surface area contributed by atoms with Crippen molar-refractivity contribution in [1.82, 2.24) is 0 Å². The summed E-state index contributed by atoms with van der Waals surface area (Å²) in [6.07, 6.45) is -0.285. The zero-order valence-electron chi connectivity index (χ0n) is 19.1. The number of esters is 1. The number of imide groups is 1. The van der Waals surface area contributed by atoms with Crippen LogP contribution in [0.25, 0.3) is 0 Å². The molecule has 4 rings (SSSR count). The monoisotopic (exact) mass is 542 g/mol. The highest BCUT2D eigenvalue weighted by molar-refractivity contribution is 8.04. The third-order valence-electron chi connectivity index (χ3n) is 5.00. The highest BCUT2D eigenvalue weighted by Gasteiger charge is 2.40. The molecule has 0 radical (unpaired) electrons. The number of nitrogens with zero attached hydrogens (tertiary/aromatic N) is 1. The molecule has 1 aliphatic heterocycles. The number of carbonyl (C=O) groups is 3. The summed E-state index contributed by atoms with van der Waals surface area (Å²) in [6.45, 7) is 3.48. The number of rotatable bonds is 7. The molecule has 1 heterocycles. The number of nitrogens with one attached hydrogen (secondary N) is 1. The first kappa shape index (κ1) is 25.6. The number of hydrogen-bond acceptors (Lipinski definition) is 7. The van der Waals surface area contributed by atoms with E-state index in [2.05, 4.69) is 5.32 Å². The second kappa shape index (κ2) is 10.7. The maximum absolute atomic E-state index is 13.5. The Morgan fingerprint density at radius 2 is 1.58 bits per heavy atom. The molecule has 36 heavy (non-hydrogen) atoms. The summed E-state index contributed by atoms with van der Waals surface area (Å²) < 4.78 is 5.19. The molecule has 0 saturated carbocycles. The molecule has 2 amide bonds. The van der Waals surface area contributed by atoms with Crippen LogP contribution in [-0.4, -0.2) is 29.0 Å². The van der Waals surface area contributed by atoms with E-state index in [0.717, 1.165) is 16.7 Å². The quantitative estimate of drug-likeness (QED) is 0.207. The molecule has 3 aromatic carbocycles. The molecular weight excluding hydrogens is 523 g/mol. The van der Waals surface area contributed by atoms with Crippen LogP contribution in [0.4, 0.5) is 11.4 Å². The second-order valence-electron chi connectivity index (χ2n) is 7.99. The smallest absolute Gasteiger partial charge is 0.338 e. The standard InChI is InChI=1S/C26H20Cl2N2O5S/c1-14(2)35-26(34)15-3-8-18(9-4-15)30-24(32)22(29-20-13-17(28)7-12-21(20)31)23(25(30)33)36-19-10-5-16(27)6-11-19/h3-14,29,31H,1-2H3. The van der Waals surface area contributed by atoms with Gasteiger partial charge >= 0.3 is 5.97 Å². The molecule has 0 spiro atoms. The van der Waals surface area contributed by atoms with E-state index in [1.54, 1.807) is 38.1 Å². The van der Waals surface area contributed by atoms with E-state index in [4.69, 9.17) is 27.9 Å². The van der Waals surface area contributed by atoms with Gasteiger partial charge in [0.15, 0.2) is 0 Å². The number of ether oxygens (including phenoxy) is 1. The molecule has 0 aromatic heterocycles. The van der Waals surface area contributed by atoms with Gasteiger partial charge in [0.2, 0.25) is 0 Å². The van der Waals surface area contributed by atoms with E-state index in [0.29, 0.717) is 14.9 Å². The summed E-state index contributed by atoms with van der Waals surface area (Å²) in [4.78, 5) is 40.9. The van der Waals surface area contributed by atoms with Gasteiger partial charge in [-0.05, 0) is 80.6 Å². The number of thioether (sulfide) groups is 1. The lowest BCUT2D eigenvalue weighted by atomic mass is 10.2. The maximum atomic E-state index is 13.5. The topological polar surface area (TPSA) is 95.9 Å². The van der Waals surface area contributed by atoms with Crippen molar-refractivity contribution in [2.75, 3.05) is 10.2 Å². The first-order chi connectivity index (χ1) is 17.1. The van der Waals surface area contributed by atoms with Crippen LogP contribution in [0.1, 0.15) is 24.2 Å². The van der Waals surface area contributed by atoms with Crippen LogP contribution in [0, 0.1) is 0 Å². The number of aromatic hydroxyl groups is 1. The van der Waals surface area contributed by atoms with Gasteiger partial charge in [0.1, 0.15) is 16.4 Å². The molecule has 0 unspecified atom stereocenters. The van der Waals surface area contributed by atoms with Gasteiger partial charge in [0.05, 0.1) is 23.0 Å². The third-order valence-corrected chi connectivity index (χ3v) is 6.57. The van der Waals surface area contributed by atoms with Crippen LogP contribution in [0.3, 0.4) is 0 Å². The average Bonchev–Trinajstić information content (AvgIpc) is 3.06. The predicted octanol–water partition coefficient (Wildman–Crippen LogP) is 6.25. The van der Waals surface area contributed by atoms with E-state index in [1.807, 2.05) is 0 Å². The average molecular weight is 543 g/mol. The van der Waals surface area contributed by atoms with Crippen LogP contribution in [-0.2, 0) is 14.3 Å². The van der Waals surface area contributed by atoms with Crippen LogP contribution < -0.4 is 10.2 Å². The molecule has 7 nitrogen and oxygen atoms in total. The van der Waals surface area contributed by atoms with E-state index in [1.165, 1.54) is 42.5 Å². The van der Waals surface area contributed by atoms with Crippen LogP contribution in [0.15, 0.2) is 82.2 Å². The van der Waals surface area contributed by atoms with Crippen molar-refractivity contribution in [2.24, 2.45) is 0 Å². The number of hydrogen-bond donors (Lipinski definition) is 2. The molecule has 0 atom stereocenters. The Bertz CT molecular complexity index is 1370.